The van der Waals surface area contributed by atoms with Crippen LogP contribution in [0.3, 0.4) is 0 Å². The summed E-state index contributed by atoms with van der Waals surface area (Å²) in [7, 11) is 0. The van der Waals surface area contributed by atoms with Gasteiger partial charge in [-0.2, -0.15) is 0 Å². The largest absolute Gasteiger partial charge is 0.310 e. The molecule has 0 atom stereocenters. The van der Waals surface area contributed by atoms with Gasteiger partial charge in [-0.1, -0.05) is 115 Å². The van der Waals surface area contributed by atoms with E-state index in [9.17, 15) is 0 Å². The molecule has 6 aromatic carbocycles. The highest BCUT2D eigenvalue weighted by Crippen LogP contribution is 2.40. The third-order valence-electron chi connectivity index (χ3n) is 7.28. The van der Waals surface area contributed by atoms with Gasteiger partial charge < -0.3 is 4.90 Å². The molecule has 1 aromatic heterocycles. The summed E-state index contributed by atoms with van der Waals surface area (Å²) in [6.07, 6.45) is 0. The summed E-state index contributed by atoms with van der Waals surface area (Å²) in [5.74, 6) is 0. The molecule has 0 bridgehead atoms. The van der Waals surface area contributed by atoms with Gasteiger partial charge >= 0.3 is 0 Å². The Hall–Kier alpha value is -4.92. The van der Waals surface area contributed by atoms with Crippen LogP contribution in [0.1, 0.15) is 0 Å². The summed E-state index contributed by atoms with van der Waals surface area (Å²) in [6, 6.07) is 58.6. The maximum Gasteiger partial charge on any atom is 0.0468 e. The smallest absolute Gasteiger partial charge is 0.0468 e. The molecule has 0 aliphatic carbocycles. The Balaban J connectivity index is 1.31. The Morgan fingerprint density at radius 2 is 0.850 bits per heavy atom. The van der Waals surface area contributed by atoms with E-state index in [2.05, 4.69) is 169 Å². The van der Waals surface area contributed by atoms with Gasteiger partial charge in [-0.05, 0) is 81.7 Å². The van der Waals surface area contributed by atoms with Crippen LogP contribution in [0.4, 0.5) is 17.1 Å². The Morgan fingerprint density at radius 1 is 0.350 bits per heavy atom. The monoisotopic (exact) mass is 529 g/mol. The number of benzene rings is 6. The molecule has 190 valence electrons. The molecule has 0 radical (unpaired) electrons. The predicted octanol–water partition coefficient (Wildman–Crippen LogP) is 11.4. The molecule has 1 nitrogen and oxygen atoms in total. The fourth-order valence-electron chi connectivity index (χ4n) is 5.24. The SMILES string of the molecule is c1ccc(-c2ccc(N(c3ccc(-c4ccccc4)cc3)c3cccc(-c4cc5ccccc5s4)c3)cc2)cc1. The number of thiophene rings is 1. The van der Waals surface area contributed by atoms with E-state index in [1.165, 1.54) is 42.8 Å². The van der Waals surface area contributed by atoms with Gasteiger partial charge in [0.05, 0.1) is 0 Å². The van der Waals surface area contributed by atoms with Crippen molar-refractivity contribution >= 4 is 38.5 Å². The van der Waals surface area contributed by atoms with Gasteiger partial charge in [0, 0.05) is 26.6 Å². The summed E-state index contributed by atoms with van der Waals surface area (Å²) in [5.41, 5.74) is 9.48. The lowest BCUT2D eigenvalue weighted by atomic mass is 10.0. The molecule has 0 aliphatic heterocycles. The van der Waals surface area contributed by atoms with Crippen molar-refractivity contribution in [1.29, 1.82) is 0 Å². The predicted molar refractivity (Wildman–Crippen MR) is 173 cm³/mol. The standard InChI is InChI=1S/C38H27NS/c1-3-10-28(11-4-1)30-18-22-34(23-19-30)39(35-24-20-31(21-25-35)29-12-5-2-6-13-29)36-16-9-15-32(26-36)38-27-33-14-7-8-17-37(33)40-38/h1-27H. The zero-order valence-corrected chi connectivity index (χ0v) is 22.8. The van der Waals surface area contributed by atoms with E-state index < -0.39 is 0 Å². The van der Waals surface area contributed by atoms with Gasteiger partial charge in [-0.3, -0.25) is 0 Å². The zero-order valence-electron chi connectivity index (χ0n) is 21.9. The van der Waals surface area contributed by atoms with Crippen LogP contribution in [0.15, 0.2) is 164 Å². The Bertz CT molecular complexity index is 1750. The molecule has 0 N–H and O–H groups in total. The first-order chi connectivity index (χ1) is 19.8. The van der Waals surface area contributed by atoms with Crippen LogP contribution in [0.5, 0.6) is 0 Å². The zero-order chi connectivity index (χ0) is 26.7. The Labute approximate surface area is 239 Å². The van der Waals surface area contributed by atoms with Crippen LogP contribution in [0.2, 0.25) is 0 Å². The van der Waals surface area contributed by atoms with Crippen LogP contribution < -0.4 is 4.90 Å². The van der Waals surface area contributed by atoms with E-state index in [-0.39, 0.29) is 0 Å². The number of hydrogen-bond donors (Lipinski definition) is 0. The highest BCUT2D eigenvalue weighted by Gasteiger charge is 2.15. The fourth-order valence-corrected chi connectivity index (χ4v) is 6.30. The molecule has 0 spiro atoms. The quantitative estimate of drug-likeness (QED) is 0.207. The van der Waals surface area contributed by atoms with Crippen molar-refractivity contribution in [2.75, 3.05) is 4.90 Å². The van der Waals surface area contributed by atoms with Crippen LogP contribution >= 0.6 is 11.3 Å². The first kappa shape index (κ1) is 24.1. The highest BCUT2D eigenvalue weighted by molar-refractivity contribution is 7.22. The topological polar surface area (TPSA) is 3.24 Å². The summed E-state index contributed by atoms with van der Waals surface area (Å²) < 4.78 is 1.31. The molecule has 7 aromatic rings. The molecule has 2 heteroatoms. The lowest BCUT2D eigenvalue weighted by molar-refractivity contribution is 1.28. The maximum atomic E-state index is 2.35. The maximum absolute atomic E-state index is 2.35. The van der Waals surface area contributed by atoms with Crippen molar-refractivity contribution in [3.05, 3.63) is 164 Å². The van der Waals surface area contributed by atoms with Crippen molar-refractivity contribution in [2.45, 2.75) is 0 Å². The summed E-state index contributed by atoms with van der Waals surface area (Å²) in [5, 5.41) is 1.29. The summed E-state index contributed by atoms with van der Waals surface area (Å²) in [6.45, 7) is 0. The summed E-state index contributed by atoms with van der Waals surface area (Å²) in [4.78, 5) is 3.63. The van der Waals surface area contributed by atoms with Crippen molar-refractivity contribution in [3.63, 3.8) is 0 Å². The van der Waals surface area contributed by atoms with Crippen LogP contribution in [0.25, 0.3) is 42.8 Å². The number of rotatable bonds is 6. The third-order valence-corrected chi connectivity index (χ3v) is 8.44. The normalized spacial score (nSPS) is 11.0. The first-order valence-electron chi connectivity index (χ1n) is 13.5. The number of hydrogen-bond acceptors (Lipinski definition) is 2. The number of fused-ring (bicyclic) bond motifs is 1. The van der Waals surface area contributed by atoms with Crippen LogP contribution in [-0.2, 0) is 0 Å². The minimum atomic E-state index is 1.13. The van der Waals surface area contributed by atoms with Crippen LogP contribution in [-0.4, -0.2) is 0 Å². The molecule has 0 saturated heterocycles. The second-order valence-corrected chi connectivity index (χ2v) is 10.9. The van der Waals surface area contributed by atoms with E-state index in [0.717, 1.165) is 17.1 Å². The lowest BCUT2D eigenvalue weighted by Crippen LogP contribution is -2.10. The molecule has 0 fully saturated rings. The van der Waals surface area contributed by atoms with E-state index in [1.54, 1.807) is 0 Å². The summed E-state index contributed by atoms with van der Waals surface area (Å²) >= 11 is 1.84. The number of nitrogens with zero attached hydrogens (tertiary/aromatic N) is 1. The Morgan fingerprint density at radius 3 is 1.43 bits per heavy atom. The minimum absolute atomic E-state index is 1.13. The molecular formula is C38H27NS. The Kier molecular flexibility index (Phi) is 6.45. The molecule has 0 saturated carbocycles. The third kappa shape index (κ3) is 4.82. The average Bonchev–Trinajstić information content (AvgIpc) is 3.48. The van der Waals surface area contributed by atoms with E-state index in [1.807, 2.05) is 11.3 Å². The van der Waals surface area contributed by atoms with Gasteiger partial charge in [0.15, 0.2) is 0 Å². The van der Waals surface area contributed by atoms with Gasteiger partial charge in [-0.15, -0.1) is 11.3 Å². The molecule has 0 aliphatic rings. The van der Waals surface area contributed by atoms with Gasteiger partial charge in [-0.25, -0.2) is 0 Å². The van der Waals surface area contributed by atoms with Gasteiger partial charge in [0.1, 0.15) is 0 Å². The van der Waals surface area contributed by atoms with Crippen LogP contribution in [0, 0.1) is 0 Å². The van der Waals surface area contributed by atoms with Gasteiger partial charge in [0.2, 0.25) is 0 Å². The molecule has 7 rings (SSSR count). The van der Waals surface area contributed by atoms with E-state index in [4.69, 9.17) is 0 Å². The van der Waals surface area contributed by atoms with E-state index in [0.29, 0.717) is 0 Å². The van der Waals surface area contributed by atoms with Crippen molar-refractivity contribution < 1.29 is 0 Å². The van der Waals surface area contributed by atoms with Gasteiger partial charge in [0.25, 0.3) is 0 Å². The average molecular weight is 530 g/mol. The number of anilines is 3. The van der Waals surface area contributed by atoms with Crippen molar-refractivity contribution in [1.82, 2.24) is 0 Å². The minimum Gasteiger partial charge on any atom is -0.310 e. The van der Waals surface area contributed by atoms with Crippen molar-refractivity contribution in [2.24, 2.45) is 0 Å². The molecule has 0 unspecified atom stereocenters. The van der Waals surface area contributed by atoms with E-state index >= 15 is 0 Å². The second-order valence-electron chi connectivity index (χ2n) is 9.86. The highest BCUT2D eigenvalue weighted by atomic mass is 32.1. The molecular weight excluding hydrogens is 502 g/mol. The lowest BCUT2D eigenvalue weighted by Gasteiger charge is -2.26. The first-order valence-corrected chi connectivity index (χ1v) is 14.3. The van der Waals surface area contributed by atoms with Crippen molar-refractivity contribution in [3.8, 4) is 32.7 Å². The molecule has 1 heterocycles. The second kappa shape index (κ2) is 10.7. The molecule has 0 amide bonds. The molecule has 40 heavy (non-hydrogen) atoms. The fraction of sp³-hybridized carbons (Fsp3) is 0.